The average Bonchev–Trinajstić information content (AvgIpc) is 2.60. The van der Waals surface area contributed by atoms with E-state index in [0.29, 0.717) is 12.4 Å². The van der Waals surface area contributed by atoms with Crippen LogP contribution < -0.4 is 4.90 Å². The predicted octanol–water partition coefficient (Wildman–Crippen LogP) is 3.93. The van der Waals surface area contributed by atoms with Gasteiger partial charge in [0.1, 0.15) is 17.3 Å². The number of aryl methyl sites for hydroxylation is 1. The SMILES string of the molecule is Cc1nc(-c2ccccn2)nc(N(C)Cc2ccc(F)cc2)c1C. The second-order valence-corrected chi connectivity index (χ2v) is 5.78. The third kappa shape index (κ3) is 3.40. The minimum Gasteiger partial charge on any atom is -0.355 e. The number of benzene rings is 1. The van der Waals surface area contributed by atoms with Gasteiger partial charge in [-0.05, 0) is 43.7 Å². The van der Waals surface area contributed by atoms with Crippen molar-refractivity contribution < 1.29 is 4.39 Å². The number of anilines is 1. The molecule has 0 saturated carbocycles. The van der Waals surface area contributed by atoms with Crippen molar-refractivity contribution in [3.05, 3.63) is 71.3 Å². The molecule has 1 aromatic carbocycles. The van der Waals surface area contributed by atoms with Crippen molar-refractivity contribution in [1.29, 1.82) is 0 Å². The van der Waals surface area contributed by atoms with Gasteiger partial charge in [-0.1, -0.05) is 18.2 Å². The van der Waals surface area contributed by atoms with E-state index in [4.69, 9.17) is 4.98 Å². The molecule has 0 amide bonds. The highest BCUT2D eigenvalue weighted by Crippen LogP contribution is 2.24. The average molecular weight is 322 g/mol. The molecular weight excluding hydrogens is 303 g/mol. The summed E-state index contributed by atoms with van der Waals surface area (Å²) in [4.78, 5) is 15.6. The lowest BCUT2D eigenvalue weighted by molar-refractivity contribution is 0.627. The predicted molar refractivity (Wildman–Crippen MR) is 93.2 cm³/mol. The third-order valence-electron chi connectivity index (χ3n) is 3.95. The Hall–Kier alpha value is -2.82. The smallest absolute Gasteiger partial charge is 0.180 e. The number of halogens is 1. The van der Waals surface area contributed by atoms with Crippen LogP contribution in [0.25, 0.3) is 11.5 Å². The molecule has 2 heterocycles. The molecule has 0 saturated heterocycles. The lowest BCUT2D eigenvalue weighted by atomic mass is 10.2. The monoisotopic (exact) mass is 322 g/mol. The van der Waals surface area contributed by atoms with E-state index in [9.17, 15) is 4.39 Å². The zero-order valence-corrected chi connectivity index (χ0v) is 14.0. The van der Waals surface area contributed by atoms with E-state index in [0.717, 1.165) is 28.3 Å². The highest BCUT2D eigenvalue weighted by molar-refractivity contribution is 5.57. The Balaban J connectivity index is 1.94. The van der Waals surface area contributed by atoms with Crippen LogP contribution in [0.2, 0.25) is 0 Å². The van der Waals surface area contributed by atoms with Crippen molar-refractivity contribution in [1.82, 2.24) is 15.0 Å². The summed E-state index contributed by atoms with van der Waals surface area (Å²) in [7, 11) is 1.97. The number of hydrogen-bond donors (Lipinski definition) is 0. The van der Waals surface area contributed by atoms with Crippen LogP contribution in [0.1, 0.15) is 16.8 Å². The van der Waals surface area contributed by atoms with Gasteiger partial charge in [0.05, 0.1) is 0 Å². The molecule has 3 rings (SSSR count). The lowest BCUT2D eigenvalue weighted by Gasteiger charge is -2.21. The number of rotatable bonds is 4. The molecule has 122 valence electrons. The largest absolute Gasteiger partial charge is 0.355 e. The van der Waals surface area contributed by atoms with E-state index < -0.39 is 0 Å². The van der Waals surface area contributed by atoms with Crippen molar-refractivity contribution in [2.24, 2.45) is 0 Å². The molecule has 4 nitrogen and oxygen atoms in total. The second-order valence-electron chi connectivity index (χ2n) is 5.78. The Kier molecular flexibility index (Phi) is 4.51. The molecule has 0 aliphatic carbocycles. The first-order chi connectivity index (χ1) is 11.5. The number of aromatic nitrogens is 3. The first kappa shape index (κ1) is 16.1. The van der Waals surface area contributed by atoms with Gasteiger partial charge in [0.2, 0.25) is 0 Å². The summed E-state index contributed by atoms with van der Waals surface area (Å²) in [5.74, 6) is 1.24. The quantitative estimate of drug-likeness (QED) is 0.730. The van der Waals surface area contributed by atoms with Crippen molar-refractivity contribution in [3.8, 4) is 11.5 Å². The van der Waals surface area contributed by atoms with Gasteiger partial charge in [0.25, 0.3) is 0 Å². The zero-order valence-electron chi connectivity index (χ0n) is 14.0. The van der Waals surface area contributed by atoms with Gasteiger partial charge >= 0.3 is 0 Å². The fraction of sp³-hybridized carbons (Fsp3) is 0.211. The summed E-state index contributed by atoms with van der Waals surface area (Å²) >= 11 is 0. The van der Waals surface area contributed by atoms with Gasteiger partial charge in [0, 0.05) is 31.0 Å². The van der Waals surface area contributed by atoms with Crippen molar-refractivity contribution in [2.45, 2.75) is 20.4 Å². The topological polar surface area (TPSA) is 41.9 Å². The first-order valence-corrected chi connectivity index (χ1v) is 7.77. The van der Waals surface area contributed by atoms with Crippen LogP contribution >= 0.6 is 0 Å². The molecule has 24 heavy (non-hydrogen) atoms. The van der Waals surface area contributed by atoms with E-state index >= 15 is 0 Å². The molecule has 0 spiro atoms. The molecule has 0 fully saturated rings. The fourth-order valence-electron chi connectivity index (χ4n) is 2.53. The molecule has 0 radical (unpaired) electrons. The van der Waals surface area contributed by atoms with Crippen LogP contribution in [-0.4, -0.2) is 22.0 Å². The molecule has 3 aromatic rings. The molecule has 0 bridgehead atoms. The maximum absolute atomic E-state index is 13.1. The van der Waals surface area contributed by atoms with Crippen molar-refractivity contribution in [2.75, 3.05) is 11.9 Å². The summed E-state index contributed by atoms with van der Waals surface area (Å²) in [5, 5.41) is 0. The molecule has 0 atom stereocenters. The van der Waals surface area contributed by atoms with E-state index in [1.54, 1.807) is 18.3 Å². The molecule has 0 aliphatic heterocycles. The number of hydrogen-bond acceptors (Lipinski definition) is 4. The Bertz CT molecular complexity index is 832. The molecule has 2 aromatic heterocycles. The third-order valence-corrected chi connectivity index (χ3v) is 3.95. The van der Waals surface area contributed by atoms with Crippen LogP contribution in [0, 0.1) is 19.7 Å². The first-order valence-electron chi connectivity index (χ1n) is 7.77. The number of pyridine rings is 1. The molecule has 0 aliphatic rings. The van der Waals surface area contributed by atoms with E-state index in [2.05, 4.69) is 9.97 Å². The molecular formula is C19H19FN4. The normalized spacial score (nSPS) is 10.7. The minimum atomic E-state index is -0.229. The highest BCUT2D eigenvalue weighted by atomic mass is 19.1. The summed E-state index contributed by atoms with van der Waals surface area (Å²) in [6.45, 7) is 4.62. The second kappa shape index (κ2) is 6.74. The van der Waals surface area contributed by atoms with E-state index in [-0.39, 0.29) is 5.82 Å². The van der Waals surface area contributed by atoms with Gasteiger partial charge in [-0.2, -0.15) is 0 Å². The fourth-order valence-corrected chi connectivity index (χ4v) is 2.53. The van der Waals surface area contributed by atoms with Gasteiger partial charge in [-0.15, -0.1) is 0 Å². The van der Waals surface area contributed by atoms with Gasteiger partial charge in [0.15, 0.2) is 5.82 Å². The maximum atomic E-state index is 13.1. The maximum Gasteiger partial charge on any atom is 0.180 e. The molecule has 5 heteroatoms. The van der Waals surface area contributed by atoms with Crippen molar-refractivity contribution in [3.63, 3.8) is 0 Å². The lowest BCUT2D eigenvalue weighted by Crippen LogP contribution is -2.20. The molecule has 0 unspecified atom stereocenters. The van der Waals surface area contributed by atoms with Gasteiger partial charge in [-0.25, -0.2) is 14.4 Å². The van der Waals surface area contributed by atoms with Gasteiger partial charge in [-0.3, -0.25) is 4.98 Å². The number of nitrogens with zero attached hydrogens (tertiary/aromatic N) is 4. The van der Waals surface area contributed by atoms with Crippen LogP contribution in [0.3, 0.4) is 0 Å². The van der Waals surface area contributed by atoms with Crippen molar-refractivity contribution >= 4 is 5.82 Å². The van der Waals surface area contributed by atoms with Crippen LogP contribution in [0.5, 0.6) is 0 Å². The van der Waals surface area contributed by atoms with Crippen LogP contribution in [0.15, 0.2) is 48.7 Å². The Morgan fingerprint density at radius 1 is 1.00 bits per heavy atom. The van der Waals surface area contributed by atoms with Gasteiger partial charge < -0.3 is 4.90 Å². The van der Waals surface area contributed by atoms with Crippen LogP contribution in [0.4, 0.5) is 10.2 Å². The van der Waals surface area contributed by atoms with E-state index in [1.807, 2.05) is 44.0 Å². The molecule has 0 N–H and O–H groups in total. The standard InChI is InChI=1S/C19H19FN4/c1-13-14(2)22-18(17-6-4-5-11-21-17)23-19(13)24(3)12-15-7-9-16(20)10-8-15/h4-11H,12H2,1-3H3. The summed E-state index contributed by atoms with van der Waals surface area (Å²) in [6.07, 6.45) is 1.73. The van der Waals surface area contributed by atoms with Crippen LogP contribution in [-0.2, 0) is 6.54 Å². The zero-order chi connectivity index (χ0) is 17.1. The summed E-state index contributed by atoms with van der Waals surface area (Å²) in [5.41, 5.74) is 3.72. The Morgan fingerprint density at radius 2 is 1.75 bits per heavy atom. The Labute approximate surface area is 141 Å². The highest BCUT2D eigenvalue weighted by Gasteiger charge is 2.14. The van der Waals surface area contributed by atoms with E-state index in [1.165, 1.54) is 12.1 Å². The summed E-state index contributed by atoms with van der Waals surface area (Å²) < 4.78 is 13.1. The minimum absolute atomic E-state index is 0.229. The Morgan fingerprint density at radius 3 is 2.42 bits per heavy atom. The summed E-state index contributed by atoms with van der Waals surface area (Å²) in [6, 6.07) is 12.2.